The predicted octanol–water partition coefficient (Wildman–Crippen LogP) is 4.83. The van der Waals surface area contributed by atoms with Gasteiger partial charge in [-0.1, -0.05) is 18.5 Å². The van der Waals surface area contributed by atoms with Crippen LogP contribution in [0.3, 0.4) is 0 Å². The van der Waals surface area contributed by atoms with Crippen molar-refractivity contribution in [1.29, 1.82) is 0 Å². The number of ether oxygens (including phenoxy) is 1. The molecule has 1 N–H and O–H groups in total. The van der Waals surface area contributed by atoms with Crippen LogP contribution in [0.2, 0.25) is 5.02 Å². The molecule has 1 unspecified atom stereocenters. The number of benzene rings is 2. The Morgan fingerprint density at radius 2 is 1.94 bits per heavy atom. The van der Waals surface area contributed by atoms with Crippen LogP contribution < -0.4 is 15.4 Å². The van der Waals surface area contributed by atoms with Gasteiger partial charge in [-0.15, -0.1) is 0 Å². The molecule has 1 atom stereocenters. The minimum Gasteiger partial charge on any atom is -0.455 e. The molecule has 168 valence electrons. The molecular formula is C18H17ClF3N2O6P. The van der Waals surface area contributed by atoms with E-state index in [0.717, 1.165) is 24.3 Å². The third kappa shape index (κ3) is 6.43. The molecule has 0 heterocycles. The minimum atomic E-state index is -4.59. The average Bonchev–Trinajstić information content (AvgIpc) is 2.67. The Morgan fingerprint density at radius 1 is 1.26 bits per heavy atom. The van der Waals surface area contributed by atoms with Gasteiger partial charge in [-0.05, 0) is 24.6 Å². The van der Waals surface area contributed by atoms with E-state index in [0.29, 0.717) is 11.6 Å². The molecule has 0 aliphatic carbocycles. The molecule has 0 saturated carbocycles. The topological polar surface area (TPSA) is 108 Å². The van der Waals surface area contributed by atoms with Crippen LogP contribution in [-0.4, -0.2) is 17.6 Å². The summed E-state index contributed by atoms with van der Waals surface area (Å²) in [5.41, 5.74) is -1.11. The number of halogens is 4. The fourth-order valence-electron chi connectivity index (χ4n) is 2.46. The molecule has 8 nitrogen and oxygen atoms in total. The van der Waals surface area contributed by atoms with Crippen LogP contribution in [0.4, 0.5) is 18.9 Å². The first-order valence-corrected chi connectivity index (χ1v) is 10.4. The molecule has 13 heteroatoms. The van der Waals surface area contributed by atoms with E-state index < -0.39 is 43.0 Å². The van der Waals surface area contributed by atoms with Gasteiger partial charge in [-0.25, -0.2) is 0 Å². The van der Waals surface area contributed by atoms with E-state index >= 15 is 0 Å². The summed E-state index contributed by atoms with van der Waals surface area (Å²) in [6.45, 7) is 2.45. The van der Waals surface area contributed by atoms with Crippen molar-refractivity contribution in [3.05, 3.63) is 56.6 Å². The summed E-state index contributed by atoms with van der Waals surface area (Å²) in [6, 6.07) is 4.75. The summed E-state index contributed by atoms with van der Waals surface area (Å²) in [4.78, 5) is 21.6. The van der Waals surface area contributed by atoms with Crippen molar-refractivity contribution in [2.24, 2.45) is 0 Å². The van der Waals surface area contributed by atoms with Crippen LogP contribution in [0.1, 0.15) is 25.0 Å². The second-order valence-electron chi connectivity index (χ2n) is 6.14. The molecule has 0 radical (unpaired) electrons. The van der Waals surface area contributed by atoms with Gasteiger partial charge >= 0.3 is 6.18 Å². The fraction of sp³-hybridized carbons (Fsp3) is 0.278. The Balaban J connectivity index is 2.44. The Labute approximate surface area is 180 Å². The Hall–Kier alpha value is -2.62. The number of nitro groups is 1. The lowest BCUT2D eigenvalue weighted by Gasteiger charge is -2.15. The molecule has 31 heavy (non-hydrogen) atoms. The van der Waals surface area contributed by atoms with Gasteiger partial charge in [0.05, 0.1) is 15.5 Å². The summed E-state index contributed by atoms with van der Waals surface area (Å²) in [6.07, 6.45) is -4.33. The van der Waals surface area contributed by atoms with E-state index in [-0.39, 0.29) is 28.2 Å². The van der Waals surface area contributed by atoms with Crippen molar-refractivity contribution in [2.75, 3.05) is 6.73 Å². The van der Waals surface area contributed by atoms with Crippen LogP contribution in [-0.2, 0) is 26.5 Å². The smallest absolute Gasteiger partial charge is 0.416 e. The Bertz CT molecular complexity index is 1030. The highest BCUT2D eigenvalue weighted by atomic mass is 35.5. The number of amides is 1. The lowest BCUT2D eigenvalue weighted by molar-refractivity contribution is -0.383. The van der Waals surface area contributed by atoms with Crippen LogP contribution in [0, 0.1) is 10.1 Å². The van der Waals surface area contributed by atoms with E-state index in [1.165, 1.54) is 6.92 Å². The Kier molecular flexibility index (Phi) is 8.05. The van der Waals surface area contributed by atoms with Crippen molar-refractivity contribution in [3.63, 3.8) is 0 Å². The molecule has 1 amide bonds. The molecule has 0 saturated heterocycles. The third-order valence-corrected chi connectivity index (χ3v) is 5.52. The second-order valence-corrected chi connectivity index (χ2v) is 7.95. The fourth-order valence-corrected chi connectivity index (χ4v) is 3.66. The molecule has 0 aliphatic heterocycles. The third-order valence-electron chi connectivity index (χ3n) is 3.98. The van der Waals surface area contributed by atoms with Gasteiger partial charge in [0, 0.05) is 24.6 Å². The molecule has 2 rings (SSSR count). The van der Waals surface area contributed by atoms with Crippen LogP contribution >= 0.6 is 19.6 Å². The minimum absolute atomic E-state index is 0.0197. The first-order valence-electron chi connectivity index (χ1n) is 8.71. The number of aryl methyl sites for hydroxylation is 1. The van der Waals surface area contributed by atoms with Gasteiger partial charge in [0.2, 0.25) is 13.9 Å². The van der Waals surface area contributed by atoms with Crippen LogP contribution in [0.25, 0.3) is 0 Å². The van der Waals surface area contributed by atoms with E-state index in [9.17, 15) is 32.6 Å². The number of rotatable bonds is 8. The lowest BCUT2D eigenvalue weighted by Crippen LogP contribution is -2.22. The zero-order valence-corrected chi connectivity index (χ0v) is 18.0. The molecule has 0 aliphatic rings. The summed E-state index contributed by atoms with van der Waals surface area (Å²) in [5, 5.41) is 13.1. The van der Waals surface area contributed by atoms with Crippen molar-refractivity contribution >= 4 is 36.5 Å². The van der Waals surface area contributed by atoms with Gasteiger partial charge in [-0.3, -0.25) is 19.5 Å². The molecule has 2 aromatic carbocycles. The summed E-state index contributed by atoms with van der Waals surface area (Å²) < 4.78 is 61.5. The van der Waals surface area contributed by atoms with E-state index in [1.807, 2.05) is 0 Å². The maximum Gasteiger partial charge on any atom is 0.416 e. The van der Waals surface area contributed by atoms with Gasteiger partial charge in [-0.2, -0.15) is 13.2 Å². The highest BCUT2D eigenvalue weighted by molar-refractivity contribution is 7.48. The quantitative estimate of drug-likeness (QED) is 0.251. The Morgan fingerprint density at radius 3 is 2.45 bits per heavy atom. The number of hydrogen-bond donors (Lipinski definition) is 1. The van der Waals surface area contributed by atoms with Crippen molar-refractivity contribution in [3.8, 4) is 11.5 Å². The molecule has 0 spiro atoms. The van der Waals surface area contributed by atoms with Crippen molar-refractivity contribution in [2.45, 2.75) is 26.4 Å². The molecule has 0 fully saturated rings. The molecular weight excluding hydrogens is 464 g/mol. The number of carbonyl (C=O) groups is 1. The van der Waals surface area contributed by atoms with E-state index in [2.05, 4.69) is 5.32 Å². The normalized spacial score (nSPS) is 12.3. The maximum absolute atomic E-state index is 12.8. The zero-order chi connectivity index (χ0) is 23.3. The number of nitro benzene ring substituents is 1. The number of nitrogens with zero attached hydrogens (tertiary/aromatic N) is 1. The van der Waals surface area contributed by atoms with Gasteiger partial charge in [0.1, 0.15) is 23.5 Å². The molecule has 2 aromatic rings. The van der Waals surface area contributed by atoms with Crippen molar-refractivity contribution < 1.29 is 36.7 Å². The zero-order valence-electron chi connectivity index (χ0n) is 16.2. The molecule has 0 bridgehead atoms. The highest BCUT2D eigenvalue weighted by Crippen LogP contribution is 2.39. The maximum atomic E-state index is 12.8. The number of hydrogen-bond acceptors (Lipinski definition) is 6. The molecule has 0 aromatic heterocycles. The predicted molar refractivity (Wildman–Crippen MR) is 107 cm³/mol. The summed E-state index contributed by atoms with van der Waals surface area (Å²) in [5.74, 6) is -0.555. The average molecular weight is 481 g/mol. The van der Waals surface area contributed by atoms with Gasteiger partial charge in [0.25, 0.3) is 5.69 Å². The SMILES string of the molecule is CCc1cc([N+](=O)[O-])c([PH](=O)OCNC(C)=O)cc1Oc1ccc(C(F)(F)F)cc1Cl. The first-order chi connectivity index (χ1) is 14.4. The van der Waals surface area contributed by atoms with E-state index in [1.54, 1.807) is 6.92 Å². The number of carbonyl (C=O) groups excluding carboxylic acids is 1. The largest absolute Gasteiger partial charge is 0.455 e. The highest BCUT2D eigenvalue weighted by Gasteiger charge is 2.31. The number of alkyl halides is 3. The van der Waals surface area contributed by atoms with E-state index in [4.69, 9.17) is 20.9 Å². The van der Waals surface area contributed by atoms with Gasteiger partial charge in [0.15, 0.2) is 0 Å². The first kappa shape index (κ1) is 24.6. The second kappa shape index (κ2) is 10.1. The summed E-state index contributed by atoms with van der Waals surface area (Å²) >= 11 is 5.91. The standard InChI is InChI=1S/C18H17ClF3N2O6P/c1-3-11-6-14(24(26)27)17(31(28)29-9-23-10(2)25)8-16(11)30-15-5-4-12(7-13(15)19)18(20,21)22/h4-8,31H,3,9H2,1-2H3,(H,23,25). The lowest BCUT2D eigenvalue weighted by atomic mass is 10.1. The van der Waals surface area contributed by atoms with Gasteiger partial charge < -0.3 is 14.6 Å². The number of nitrogens with one attached hydrogen (secondary N) is 1. The monoisotopic (exact) mass is 480 g/mol. The summed E-state index contributed by atoms with van der Waals surface area (Å²) in [7, 11) is -3.18. The van der Waals surface area contributed by atoms with Crippen molar-refractivity contribution in [1.82, 2.24) is 5.32 Å². The van der Waals surface area contributed by atoms with Crippen LogP contribution in [0.15, 0.2) is 30.3 Å². The van der Waals surface area contributed by atoms with Crippen LogP contribution in [0.5, 0.6) is 11.5 Å².